The second-order valence-electron chi connectivity index (χ2n) is 9.11. The molecule has 0 unspecified atom stereocenters. The minimum absolute atomic E-state index is 0.233. The van der Waals surface area contributed by atoms with Crippen molar-refractivity contribution in [3.8, 4) is 28.7 Å². The van der Waals surface area contributed by atoms with Gasteiger partial charge in [0.1, 0.15) is 17.2 Å². The van der Waals surface area contributed by atoms with E-state index in [2.05, 4.69) is 10.5 Å². The fourth-order valence-electron chi connectivity index (χ4n) is 3.65. The van der Waals surface area contributed by atoms with Gasteiger partial charge in [-0.05, 0) is 110 Å². The van der Waals surface area contributed by atoms with Crippen molar-refractivity contribution in [2.45, 2.75) is 26.6 Å². The first-order chi connectivity index (χ1) is 21.3. The Kier molecular flexibility index (Phi) is 11.9. The van der Waals surface area contributed by atoms with E-state index in [1.165, 1.54) is 6.21 Å². The van der Waals surface area contributed by atoms with E-state index in [4.69, 9.17) is 46.9 Å². The molecule has 44 heavy (non-hydrogen) atoms. The van der Waals surface area contributed by atoms with Gasteiger partial charge in [-0.1, -0.05) is 30.1 Å². The van der Waals surface area contributed by atoms with Crippen molar-refractivity contribution in [2.24, 2.45) is 5.10 Å². The maximum absolute atomic E-state index is 13.0. The fourth-order valence-corrected chi connectivity index (χ4v) is 3.90. The van der Waals surface area contributed by atoms with E-state index in [0.717, 1.165) is 6.42 Å². The number of carbonyl (C=O) groups is 2. The van der Waals surface area contributed by atoms with Crippen molar-refractivity contribution in [3.63, 3.8) is 0 Å². The van der Waals surface area contributed by atoms with E-state index < -0.39 is 18.2 Å². The van der Waals surface area contributed by atoms with Crippen molar-refractivity contribution < 1.29 is 33.3 Å². The van der Waals surface area contributed by atoms with E-state index >= 15 is 0 Å². The first-order valence-corrected chi connectivity index (χ1v) is 14.5. The van der Waals surface area contributed by atoms with Gasteiger partial charge in [-0.15, -0.1) is 0 Å². The largest absolute Gasteiger partial charge is 0.494 e. The molecule has 228 valence electrons. The molecule has 0 radical (unpaired) electrons. The molecule has 0 aliphatic heterocycles. The number of hydrogen-bond acceptors (Lipinski definition) is 8. The first kappa shape index (κ1) is 32.2. The van der Waals surface area contributed by atoms with Gasteiger partial charge in [0.05, 0.1) is 25.0 Å². The molecule has 4 rings (SSSR count). The Balaban J connectivity index is 1.43. The van der Waals surface area contributed by atoms with Crippen LogP contribution in [0.1, 0.15) is 36.2 Å². The molecule has 0 bridgehead atoms. The minimum Gasteiger partial charge on any atom is -0.494 e. The number of nitrogens with zero attached hydrogens (tertiary/aromatic N) is 1. The topological polar surface area (TPSA) is 105 Å². The molecule has 4 aromatic carbocycles. The number of carbonyl (C=O) groups excluding carboxylic acids is 2. The molecule has 0 fully saturated rings. The summed E-state index contributed by atoms with van der Waals surface area (Å²) in [6, 6.07) is 24.5. The molecule has 0 heterocycles. The maximum atomic E-state index is 13.0. The average Bonchev–Trinajstić information content (AvgIpc) is 3.03. The number of halogens is 2. The van der Waals surface area contributed by atoms with Gasteiger partial charge in [-0.3, -0.25) is 4.79 Å². The third-order valence-corrected chi connectivity index (χ3v) is 6.25. The molecule has 0 saturated carbocycles. The number of rotatable bonds is 14. The molecule has 0 aliphatic rings. The Morgan fingerprint density at radius 1 is 0.773 bits per heavy atom. The molecule has 11 heteroatoms. The summed E-state index contributed by atoms with van der Waals surface area (Å²) in [6.45, 7) is 4.75. The van der Waals surface area contributed by atoms with Crippen molar-refractivity contribution in [1.29, 1.82) is 0 Å². The van der Waals surface area contributed by atoms with Gasteiger partial charge in [0.25, 0.3) is 0 Å². The fraction of sp³-hybridized carbons (Fsp3) is 0.182. The lowest BCUT2D eigenvalue weighted by Gasteiger charge is -2.19. The lowest BCUT2D eigenvalue weighted by Crippen LogP contribution is -2.40. The van der Waals surface area contributed by atoms with Crippen LogP contribution >= 0.6 is 23.2 Å². The van der Waals surface area contributed by atoms with E-state index in [9.17, 15) is 9.59 Å². The molecule has 0 aliphatic carbocycles. The van der Waals surface area contributed by atoms with Crippen LogP contribution in [0.3, 0.4) is 0 Å². The Labute approximate surface area is 265 Å². The van der Waals surface area contributed by atoms with Crippen LogP contribution in [0.4, 0.5) is 0 Å². The van der Waals surface area contributed by atoms with Gasteiger partial charge in [-0.2, -0.15) is 5.10 Å². The van der Waals surface area contributed by atoms with Gasteiger partial charge in [0, 0.05) is 10.0 Å². The van der Waals surface area contributed by atoms with Crippen molar-refractivity contribution in [3.05, 3.63) is 112 Å². The highest BCUT2D eigenvalue weighted by Crippen LogP contribution is 2.29. The van der Waals surface area contributed by atoms with Gasteiger partial charge in [-0.25, -0.2) is 10.2 Å². The van der Waals surface area contributed by atoms with E-state index in [1.807, 2.05) is 13.8 Å². The third-order valence-electron chi connectivity index (χ3n) is 5.75. The Morgan fingerprint density at radius 3 is 1.93 bits per heavy atom. The smallest absolute Gasteiger partial charge is 0.343 e. The molecule has 1 amide bonds. The number of hydrazone groups is 1. The molecule has 0 saturated heterocycles. The number of benzene rings is 4. The van der Waals surface area contributed by atoms with Crippen molar-refractivity contribution in [2.75, 3.05) is 13.2 Å². The molecule has 0 aromatic heterocycles. The molecule has 0 spiro atoms. The lowest BCUT2D eigenvalue weighted by atomic mass is 10.2. The van der Waals surface area contributed by atoms with Crippen LogP contribution in [-0.4, -0.2) is 37.6 Å². The summed E-state index contributed by atoms with van der Waals surface area (Å²) >= 11 is 11.9. The van der Waals surface area contributed by atoms with Gasteiger partial charge < -0.3 is 23.7 Å². The van der Waals surface area contributed by atoms with E-state index in [-0.39, 0.29) is 5.75 Å². The lowest BCUT2D eigenvalue weighted by molar-refractivity contribution is -0.140. The van der Waals surface area contributed by atoms with Crippen LogP contribution in [0.25, 0.3) is 0 Å². The standard InChI is InChI=1S/C33H30Cl2N2O7/c1-3-19-41-26-12-6-23(7-13-26)32(39)44-29-18-5-22(20-30(29)40-4-2)21-36-37-31(38)33(42-27-14-8-24(34)9-15-27)43-28-16-10-25(35)11-17-28/h5-18,20-21,33H,3-4,19H2,1-2H3,(H,37,38)/b36-21+. The summed E-state index contributed by atoms with van der Waals surface area (Å²) in [5.41, 5.74) is 3.35. The molecular formula is C33H30Cl2N2O7. The Hall–Kier alpha value is -4.73. The zero-order chi connectivity index (χ0) is 31.3. The highest BCUT2D eigenvalue weighted by molar-refractivity contribution is 6.30. The highest BCUT2D eigenvalue weighted by Gasteiger charge is 2.23. The monoisotopic (exact) mass is 636 g/mol. The summed E-state index contributed by atoms with van der Waals surface area (Å²) in [6.07, 6.45) is 0.903. The van der Waals surface area contributed by atoms with Gasteiger partial charge >= 0.3 is 18.2 Å². The SMILES string of the molecule is CCCOc1ccc(C(=O)Oc2ccc(/C=N/NC(=O)C(Oc3ccc(Cl)cc3)Oc3ccc(Cl)cc3)cc2OCC)cc1. The number of hydrogen-bond donors (Lipinski definition) is 1. The predicted molar refractivity (Wildman–Crippen MR) is 168 cm³/mol. The van der Waals surface area contributed by atoms with Crippen LogP contribution in [0.2, 0.25) is 10.0 Å². The van der Waals surface area contributed by atoms with Gasteiger partial charge in [0.15, 0.2) is 11.5 Å². The third kappa shape index (κ3) is 9.65. The van der Waals surface area contributed by atoms with Gasteiger partial charge in [0.2, 0.25) is 0 Å². The minimum atomic E-state index is -1.39. The summed E-state index contributed by atoms with van der Waals surface area (Å²) in [5.74, 6) is 0.737. The average molecular weight is 638 g/mol. The van der Waals surface area contributed by atoms with Crippen molar-refractivity contribution >= 4 is 41.3 Å². The second-order valence-corrected chi connectivity index (χ2v) is 9.98. The quantitative estimate of drug-likeness (QED) is 0.0508. The zero-order valence-electron chi connectivity index (χ0n) is 24.0. The van der Waals surface area contributed by atoms with Crippen molar-refractivity contribution in [1.82, 2.24) is 5.43 Å². The normalized spacial score (nSPS) is 10.8. The summed E-state index contributed by atoms with van der Waals surface area (Å²) in [5, 5.41) is 5.07. The summed E-state index contributed by atoms with van der Waals surface area (Å²) in [4.78, 5) is 25.8. The molecule has 1 N–H and O–H groups in total. The predicted octanol–water partition coefficient (Wildman–Crippen LogP) is 7.33. The van der Waals surface area contributed by atoms with Crippen LogP contribution in [-0.2, 0) is 4.79 Å². The molecule has 0 atom stereocenters. The van der Waals surface area contributed by atoms with Crippen LogP contribution in [0.5, 0.6) is 28.7 Å². The number of ether oxygens (including phenoxy) is 5. The number of esters is 1. The molecule has 9 nitrogen and oxygen atoms in total. The van der Waals surface area contributed by atoms with Crippen LogP contribution in [0.15, 0.2) is 96.1 Å². The van der Waals surface area contributed by atoms with E-state index in [0.29, 0.717) is 57.4 Å². The van der Waals surface area contributed by atoms with E-state index in [1.54, 1.807) is 91.0 Å². The highest BCUT2D eigenvalue weighted by atomic mass is 35.5. The molecular weight excluding hydrogens is 607 g/mol. The zero-order valence-corrected chi connectivity index (χ0v) is 25.5. The molecule has 4 aromatic rings. The Morgan fingerprint density at radius 2 is 1.36 bits per heavy atom. The number of amides is 1. The van der Waals surface area contributed by atoms with Crippen LogP contribution in [0, 0.1) is 0 Å². The summed E-state index contributed by atoms with van der Waals surface area (Å²) in [7, 11) is 0. The number of nitrogens with one attached hydrogen (secondary N) is 1. The van der Waals surface area contributed by atoms with Crippen LogP contribution < -0.4 is 29.1 Å². The maximum Gasteiger partial charge on any atom is 0.343 e. The Bertz CT molecular complexity index is 1510. The second kappa shape index (κ2) is 16.2. The summed E-state index contributed by atoms with van der Waals surface area (Å²) < 4.78 is 28.4. The first-order valence-electron chi connectivity index (χ1n) is 13.7.